The number of nitrogens with zero attached hydrogens (tertiary/aromatic N) is 1. The van der Waals surface area contributed by atoms with Gasteiger partial charge in [-0.15, -0.1) is 0 Å². The van der Waals surface area contributed by atoms with Gasteiger partial charge in [-0.1, -0.05) is 23.2 Å². The molecule has 1 amide bonds. The zero-order valence-electron chi connectivity index (χ0n) is 14.1. The molecule has 2 aromatic carbocycles. The summed E-state index contributed by atoms with van der Waals surface area (Å²) in [5.74, 6) is -0.412. The van der Waals surface area contributed by atoms with E-state index in [-0.39, 0.29) is 15.5 Å². The van der Waals surface area contributed by atoms with Crippen LogP contribution in [0.5, 0.6) is 0 Å². The lowest BCUT2D eigenvalue weighted by molar-refractivity contribution is 0.102. The summed E-state index contributed by atoms with van der Waals surface area (Å²) in [6.07, 6.45) is 1.65. The molecule has 138 valence electrons. The molecule has 0 bridgehead atoms. The number of carbonyl (C=O) groups is 1. The molecule has 0 unspecified atom stereocenters. The van der Waals surface area contributed by atoms with Crippen molar-refractivity contribution >= 4 is 44.8 Å². The highest BCUT2D eigenvalue weighted by Gasteiger charge is 2.29. The molecule has 0 radical (unpaired) electrons. The third kappa shape index (κ3) is 3.88. The van der Waals surface area contributed by atoms with Gasteiger partial charge in [-0.25, -0.2) is 8.42 Å². The molecule has 5 nitrogen and oxygen atoms in total. The van der Waals surface area contributed by atoms with Crippen molar-refractivity contribution in [2.24, 2.45) is 0 Å². The molecule has 26 heavy (non-hydrogen) atoms. The number of carbonyl (C=O) groups excluding carboxylic acids is 1. The molecule has 3 rings (SSSR count). The van der Waals surface area contributed by atoms with Gasteiger partial charge in [-0.3, -0.25) is 4.79 Å². The molecular weight excluding hydrogens is 395 g/mol. The first-order chi connectivity index (χ1) is 12.3. The van der Waals surface area contributed by atoms with Crippen LogP contribution in [0.4, 0.5) is 5.69 Å². The Kier molecular flexibility index (Phi) is 5.58. The van der Waals surface area contributed by atoms with Crippen LogP contribution < -0.4 is 5.32 Å². The van der Waals surface area contributed by atoms with Gasteiger partial charge in [-0.2, -0.15) is 4.31 Å². The van der Waals surface area contributed by atoms with Crippen LogP contribution in [0.2, 0.25) is 10.0 Å². The quantitative estimate of drug-likeness (QED) is 0.811. The largest absolute Gasteiger partial charge is 0.322 e. The number of hydrogen-bond donors (Lipinski definition) is 1. The highest BCUT2D eigenvalue weighted by Crippen LogP contribution is 2.28. The lowest BCUT2D eigenvalue weighted by Gasteiger charge is -2.17. The molecular formula is C18H18Cl2N2O3S. The van der Waals surface area contributed by atoms with Gasteiger partial charge in [0.2, 0.25) is 10.0 Å². The van der Waals surface area contributed by atoms with Gasteiger partial charge in [0.05, 0.1) is 5.02 Å². The van der Waals surface area contributed by atoms with E-state index in [2.05, 4.69) is 5.32 Å². The van der Waals surface area contributed by atoms with E-state index in [1.54, 1.807) is 18.2 Å². The van der Waals surface area contributed by atoms with Crippen LogP contribution >= 0.6 is 23.2 Å². The van der Waals surface area contributed by atoms with E-state index in [9.17, 15) is 13.2 Å². The number of amides is 1. The standard InChI is InChI=1S/C18H18Cl2N2O3S/c1-12-10-14(19)5-7-16(12)21-18(23)13-4-6-15(20)17(11-13)26(24,25)22-8-2-3-9-22/h4-7,10-11H,2-3,8-9H2,1H3,(H,21,23). The van der Waals surface area contributed by atoms with Crippen LogP contribution in [0.15, 0.2) is 41.3 Å². The lowest BCUT2D eigenvalue weighted by Crippen LogP contribution is -2.28. The maximum Gasteiger partial charge on any atom is 0.255 e. The average Bonchev–Trinajstić information content (AvgIpc) is 3.13. The Morgan fingerprint density at radius 1 is 1.08 bits per heavy atom. The Morgan fingerprint density at radius 3 is 2.42 bits per heavy atom. The van der Waals surface area contributed by atoms with E-state index in [0.717, 1.165) is 18.4 Å². The summed E-state index contributed by atoms with van der Waals surface area (Å²) in [4.78, 5) is 12.5. The van der Waals surface area contributed by atoms with Gasteiger partial charge in [0, 0.05) is 29.4 Å². The first-order valence-electron chi connectivity index (χ1n) is 8.16. The number of sulfonamides is 1. The number of rotatable bonds is 4. The van der Waals surface area contributed by atoms with E-state index in [0.29, 0.717) is 23.8 Å². The topological polar surface area (TPSA) is 66.5 Å². The molecule has 0 spiro atoms. The van der Waals surface area contributed by atoms with Crippen molar-refractivity contribution in [3.63, 3.8) is 0 Å². The number of anilines is 1. The minimum atomic E-state index is -3.71. The second-order valence-corrected chi connectivity index (χ2v) is 8.92. The number of hydrogen-bond acceptors (Lipinski definition) is 3. The molecule has 1 N–H and O–H groups in total. The molecule has 1 aliphatic heterocycles. The fraction of sp³-hybridized carbons (Fsp3) is 0.278. The summed E-state index contributed by atoms with van der Waals surface area (Å²) in [5.41, 5.74) is 1.64. The summed E-state index contributed by atoms with van der Waals surface area (Å²) in [6.45, 7) is 2.77. The Morgan fingerprint density at radius 2 is 1.77 bits per heavy atom. The van der Waals surface area contributed by atoms with Crippen molar-refractivity contribution < 1.29 is 13.2 Å². The third-order valence-electron chi connectivity index (χ3n) is 4.31. The number of halogens is 2. The van der Waals surface area contributed by atoms with Gasteiger partial charge >= 0.3 is 0 Å². The van der Waals surface area contributed by atoms with Crippen LogP contribution in [0.3, 0.4) is 0 Å². The molecule has 8 heteroatoms. The van der Waals surface area contributed by atoms with Gasteiger partial charge in [0.15, 0.2) is 0 Å². The molecule has 0 atom stereocenters. The van der Waals surface area contributed by atoms with Gasteiger partial charge in [0.1, 0.15) is 4.90 Å². The van der Waals surface area contributed by atoms with Crippen LogP contribution in [0.25, 0.3) is 0 Å². The van der Waals surface area contributed by atoms with Gasteiger partial charge in [-0.05, 0) is 61.7 Å². The lowest BCUT2D eigenvalue weighted by atomic mass is 10.1. The average molecular weight is 413 g/mol. The van der Waals surface area contributed by atoms with Crippen LogP contribution in [0.1, 0.15) is 28.8 Å². The zero-order valence-corrected chi connectivity index (χ0v) is 16.5. The Bertz CT molecular complexity index is 955. The molecule has 0 aromatic heterocycles. The third-order valence-corrected chi connectivity index (χ3v) is 6.93. The molecule has 1 heterocycles. The maximum atomic E-state index is 12.8. The van der Waals surface area contributed by atoms with Gasteiger partial charge < -0.3 is 5.32 Å². The normalized spacial score (nSPS) is 15.2. The van der Waals surface area contributed by atoms with E-state index >= 15 is 0 Å². The molecule has 1 aliphatic rings. The molecule has 1 fully saturated rings. The van der Waals surface area contributed by atoms with Crippen molar-refractivity contribution in [3.05, 3.63) is 57.6 Å². The van der Waals surface area contributed by atoms with Crippen molar-refractivity contribution in [3.8, 4) is 0 Å². The maximum absolute atomic E-state index is 12.8. The first kappa shape index (κ1) is 19.2. The van der Waals surface area contributed by atoms with Crippen molar-refractivity contribution in [1.29, 1.82) is 0 Å². The predicted molar refractivity (Wildman–Crippen MR) is 104 cm³/mol. The van der Waals surface area contributed by atoms with Crippen molar-refractivity contribution in [2.45, 2.75) is 24.7 Å². The number of benzene rings is 2. The second kappa shape index (κ2) is 7.56. The van der Waals surface area contributed by atoms with Crippen molar-refractivity contribution in [2.75, 3.05) is 18.4 Å². The summed E-state index contributed by atoms with van der Waals surface area (Å²) in [7, 11) is -3.71. The summed E-state index contributed by atoms with van der Waals surface area (Å²) in [5, 5.41) is 3.45. The van der Waals surface area contributed by atoms with Crippen molar-refractivity contribution in [1.82, 2.24) is 4.31 Å². The first-order valence-corrected chi connectivity index (χ1v) is 10.4. The van der Waals surface area contributed by atoms with E-state index in [1.807, 2.05) is 6.92 Å². The van der Waals surface area contributed by atoms with Crippen LogP contribution in [-0.2, 0) is 10.0 Å². The zero-order chi connectivity index (χ0) is 18.9. The minimum absolute atomic E-state index is 0.0402. The van der Waals surface area contributed by atoms with E-state index in [1.165, 1.54) is 22.5 Å². The highest BCUT2D eigenvalue weighted by atomic mass is 35.5. The van der Waals surface area contributed by atoms with Gasteiger partial charge in [0.25, 0.3) is 5.91 Å². The van der Waals surface area contributed by atoms with E-state index in [4.69, 9.17) is 23.2 Å². The molecule has 0 saturated carbocycles. The van der Waals surface area contributed by atoms with Crippen LogP contribution in [-0.4, -0.2) is 31.7 Å². The molecule has 2 aromatic rings. The van der Waals surface area contributed by atoms with Crippen LogP contribution in [0, 0.1) is 6.92 Å². The Balaban J connectivity index is 1.90. The second-order valence-electron chi connectivity index (χ2n) is 6.17. The minimum Gasteiger partial charge on any atom is -0.322 e. The SMILES string of the molecule is Cc1cc(Cl)ccc1NC(=O)c1ccc(Cl)c(S(=O)(=O)N2CCCC2)c1. The monoisotopic (exact) mass is 412 g/mol. The summed E-state index contributed by atoms with van der Waals surface area (Å²) in [6, 6.07) is 9.39. The Labute approximate surface area is 163 Å². The molecule has 1 saturated heterocycles. The Hall–Kier alpha value is -1.60. The summed E-state index contributed by atoms with van der Waals surface area (Å²) < 4.78 is 27.0. The smallest absolute Gasteiger partial charge is 0.255 e. The fourth-order valence-corrected chi connectivity index (χ4v) is 5.12. The summed E-state index contributed by atoms with van der Waals surface area (Å²) >= 11 is 12.0. The number of aryl methyl sites for hydroxylation is 1. The number of nitrogens with one attached hydrogen (secondary N) is 1. The molecule has 0 aliphatic carbocycles. The fourth-order valence-electron chi connectivity index (χ4n) is 2.87. The highest BCUT2D eigenvalue weighted by molar-refractivity contribution is 7.89. The van der Waals surface area contributed by atoms with E-state index < -0.39 is 15.9 Å². The predicted octanol–water partition coefficient (Wildman–Crippen LogP) is 4.34.